The molecule has 2 N–H and O–H groups in total. The van der Waals surface area contributed by atoms with Gasteiger partial charge < -0.3 is 10.0 Å². The molecule has 6 nitrogen and oxygen atoms in total. The molecule has 1 saturated heterocycles. The van der Waals surface area contributed by atoms with Gasteiger partial charge in [-0.1, -0.05) is 13.0 Å². The van der Waals surface area contributed by atoms with Gasteiger partial charge in [0.1, 0.15) is 5.82 Å². The second-order valence-electron chi connectivity index (χ2n) is 5.99. The summed E-state index contributed by atoms with van der Waals surface area (Å²) in [7, 11) is 0. The van der Waals surface area contributed by atoms with E-state index in [9.17, 15) is 18.8 Å². The van der Waals surface area contributed by atoms with Crippen LogP contribution in [0.25, 0.3) is 0 Å². The van der Waals surface area contributed by atoms with Crippen LogP contribution >= 0.6 is 0 Å². The van der Waals surface area contributed by atoms with Crippen molar-refractivity contribution in [2.75, 3.05) is 18.0 Å². The molecular formula is C17H21FN2O4. The van der Waals surface area contributed by atoms with Crippen LogP contribution in [0.3, 0.4) is 0 Å². The van der Waals surface area contributed by atoms with Crippen LogP contribution in [0.2, 0.25) is 0 Å². The number of carboxylic acids is 1. The number of amides is 2. The van der Waals surface area contributed by atoms with Crippen LogP contribution in [0, 0.1) is 11.7 Å². The van der Waals surface area contributed by atoms with E-state index in [0.717, 1.165) is 0 Å². The van der Waals surface area contributed by atoms with Crippen molar-refractivity contribution in [1.29, 1.82) is 0 Å². The van der Waals surface area contributed by atoms with Crippen LogP contribution < -0.4 is 10.2 Å². The quantitative estimate of drug-likeness (QED) is 0.775. The van der Waals surface area contributed by atoms with E-state index in [0.29, 0.717) is 12.2 Å². The highest BCUT2D eigenvalue weighted by Crippen LogP contribution is 2.29. The Morgan fingerprint density at radius 2 is 2.17 bits per heavy atom. The summed E-state index contributed by atoms with van der Waals surface area (Å²) >= 11 is 0. The molecule has 0 aromatic heterocycles. The lowest BCUT2D eigenvalue weighted by Crippen LogP contribution is -2.39. The number of hydrogen-bond acceptors (Lipinski definition) is 4. The first-order valence-corrected chi connectivity index (χ1v) is 7.94. The van der Waals surface area contributed by atoms with Gasteiger partial charge in [0.2, 0.25) is 11.8 Å². The van der Waals surface area contributed by atoms with Gasteiger partial charge in [-0.05, 0) is 25.5 Å². The average Bonchev–Trinajstić information content (AvgIpc) is 2.53. The lowest BCUT2D eigenvalue weighted by atomic mass is 9.90. The molecule has 0 radical (unpaired) electrons. The standard InChI is InChI=1S/C17H21FN2O4/c1-3-20(9-10(2)17(23)24)11-4-5-12(14(18)8-11)13-6-7-15(21)19-16(13)22/h4-5,8,10,13H,3,6-7,9H2,1-2H3,(H,23,24)(H,19,21,22). The zero-order chi connectivity index (χ0) is 17.9. The fraction of sp³-hybridized carbons (Fsp3) is 0.471. The van der Waals surface area contributed by atoms with E-state index in [1.54, 1.807) is 24.0 Å². The Hall–Kier alpha value is -2.44. The fourth-order valence-corrected chi connectivity index (χ4v) is 2.81. The minimum absolute atomic E-state index is 0.189. The zero-order valence-corrected chi connectivity index (χ0v) is 13.7. The molecule has 2 unspecified atom stereocenters. The third-order valence-electron chi connectivity index (χ3n) is 4.26. The molecule has 1 aromatic rings. The first-order chi connectivity index (χ1) is 11.3. The number of nitrogens with zero attached hydrogens (tertiary/aromatic N) is 1. The first-order valence-electron chi connectivity index (χ1n) is 7.94. The maximum atomic E-state index is 14.5. The second-order valence-corrected chi connectivity index (χ2v) is 5.99. The summed E-state index contributed by atoms with van der Waals surface area (Å²) in [5.41, 5.74) is 0.824. The number of carbonyl (C=O) groups excluding carboxylic acids is 2. The van der Waals surface area contributed by atoms with Crippen molar-refractivity contribution in [2.45, 2.75) is 32.6 Å². The van der Waals surface area contributed by atoms with Crippen molar-refractivity contribution in [3.63, 3.8) is 0 Å². The van der Waals surface area contributed by atoms with E-state index in [2.05, 4.69) is 5.32 Å². The summed E-state index contributed by atoms with van der Waals surface area (Å²) in [4.78, 5) is 35.8. The molecule has 0 bridgehead atoms. The van der Waals surface area contributed by atoms with Crippen LogP contribution in [-0.2, 0) is 14.4 Å². The molecular weight excluding hydrogens is 315 g/mol. The molecule has 1 heterocycles. The van der Waals surface area contributed by atoms with Crippen LogP contribution in [0.4, 0.5) is 10.1 Å². The van der Waals surface area contributed by atoms with Gasteiger partial charge in [0, 0.05) is 30.8 Å². The highest BCUT2D eigenvalue weighted by molar-refractivity contribution is 6.01. The van der Waals surface area contributed by atoms with Gasteiger partial charge in [-0.3, -0.25) is 19.7 Å². The molecule has 1 aromatic carbocycles. The molecule has 0 aliphatic carbocycles. The normalized spacial score (nSPS) is 18.9. The number of imide groups is 1. The summed E-state index contributed by atoms with van der Waals surface area (Å²) in [6.07, 6.45) is 0.475. The molecule has 2 rings (SSSR count). The predicted octanol–water partition coefficient (Wildman–Crippen LogP) is 1.89. The number of anilines is 1. The van der Waals surface area contributed by atoms with E-state index in [1.165, 1.54) is 6.07 Å². The van der Waals surface area contributed by atoms with Crippen LogP contribution in [0.1, 0.15) is 38.2 Å². The minimum atomic E-state index is -0.908. The molecule has 7 heteroatoms. The third-order valence-corrected chi connectivity index (χ3v) is 4.26. The average molecular weight is 336 g/mol. The number of hydrogen-bond donors (Lipinski definition) is 2. The number of aliphatic carboxylic acids is 1. The summed E-state index contributed by atoms with van der Waals surface area (Å²) in [5.74, 6) is -3.51. The minimum Gasteiger partial charge on any atom is -0.481 e. The Kier molecular flexibility index (Phi) is 5.54. The molecule has 2 amide bonds. The Bertz CT molecular complexity index is 662. The summed E-state index contributed by atoms with van der Waals surface area (Å²) in [5, 5.41) is 11.2. The van der Waals surface area contributed by atoms with Crippen molar-refractivity contribution in [1.82, 2.24) is 5.32 Å². The van der Waals surface area contributed by atoms with E-state index in [-0.39, 0.29) is 30.9 Å². The Labute approximate surface area is 139 Å². The molecule has 2 atom stereocenters. The Balaban J connectivity index is 2.20. The monoisotopic (exact) mass is 336 g/mol. The number of nitrogens with one attached hydrogen (secondary N) is 1. The van der Waals surface area contributed by atoms with E-state index in [1.807, 2.05) is 6.92 Å². The highest BCUT2D eigenvalue weighted by atomic mass is 19.1. The highest BCUT2D eigenvalue weighted by Gasteiger charge is 2.30. The predicted molar refractivity (Wildman–Crippen MR) is 86.2 cm³/mol. The van der Waals surface area contributed by atoms with Crippen molar-refractivity contribution in [3.8, 4) is 0 Å². The number of benzene rings is 1. The lowest BCUT2D eigenvalue weighted by molar-refractivity contribution is -0.141. The lowest BCUT2D eigenvalue weighted by Gasteiger charge is -2.26. The first kappa shape index (κ1) is 17.9. The molecule has 1 aliphatic heterocycles. The third kappa shape index (κ3) is 3.90. The smallest absolute Gasteiger partial charge is 0.308 e. The number of carboxylic acid groups (broad SMARTS) is 1. The van der Waals surface area contributed by atoms with Gasteiger partial charge in [-0.15, -0.1) is 0 Å². The molecule has 0 spiro atoms. The zero-order valence-electron chi connectivity index (χ0n) is 13.7. The van der Waals surface area contributed by atoms with E-state index >= 15 is 0 Å². The fourth-order valence-electron chi connectivity index (χ4n) is 2.81. The number of halogens is 1. The largest absolute Gasteiger partial charge is 0.481 e. The Morgan fingerprint density at radius 3 is 2.71 bits per heavy atom. The topological polar surface area (TPSA) is 86.7 Å². The Morgan fingerprint density at radius 1 is 1.46 bits per heavy atom. The summed E-state index contributed by atoms with van der Waals surface area (Å²) in [6.45, 7) is 4.26. The molecule has 1 aliphatic rings. The maximum Gasteiger partial charge on any atom is 0.308 e. The molecule has 130 valence electrons. The summed E-state index contributed by atoms with van der Waals surface area (Å²) < 4.78 is 14.5. The van der Waals surface area contributed by atoms with Crippen molar-refractivity contribution in [2.24, 2.45) is 5.92 Å². The van der Waals surface area contributed by atoms with Gasteiger partial charge in [-0.25, -0.2) is 4.39 Å². The van der Waals surface area contributed by atoms with Crippen molar-refractivity contribution >= 4 is 23.5 Å². The van der Waals surface area contributed by atoms with Gasteiger partial charge in [-0.2, -0.15) is 0 Å². The van der Waals surface area contributed by atoms with Crippen LogP contribution in [0.5, 0.6) is 0 Å². The van der Waals surface area contributed by atoms with Gasteiger partial charge >= 0.3 is 5.97 Å². The van der Waals surface area contributed by atoms with Gasteiger partial charge in [0.05, 0.1) is 11.8 Å². The van der Waals surface area contributed by atoms with Crippen LogP contribution in [-0.4, -0.2) is 36.0 Å². The number of piperidine rings is 1. The maximum absolute atomic E-state index is 14.5. The van der Waals surface area contributed by atoms with Crippen molar-refractivity contribution < 1.29 is 23.9 Å². The summed E-state index contributed by atoms with van der Waals surface area (Å²) in [6, 6.07) is 4.54. The molecule has 0 saturated carbocycles. The molecule has 1 fully saturated rings. The SMILES string of the molecule is CCN(CC(C)C(=O)O)c1ccc(C2CCC(=O)NC2=O)c(F)c1. The van der Waals surface area contributed by atoms with Crippen LogP contribution in [0.15, 0.2) is 18.2 Å². The van der Waals surface area contributed by atoms with Crippen molar-refractivity contribution in [3.05, 3.63) is 29.6 Å². The van der Waals surface area contributed by atoms with Gasteiger partial charge in [0.25, 0.3) is 0 Å². The number of rotatable bonds is 6. The number of carbonyl (C=O) groups is 3. The van der Waals surface area contributed by atoms with Gasteiger partial charge in [0.15, 0.2) is 0 Å². The molecule has 24 heavy (non-hydrogen) atoms. The second kappa shape index (κ2) is 7.42. The van der Waals surface area contributed by atoms with E-state index < -0.39 is 29.5 Å². The van der Waals surface area contributed by atoms with E-state index in [4.69, 9.17) is 5.11 Å².